The summed E-state index contributed by atoms with van der Waals surface area (Å²) in [5.74, 6) is -2.47. The maximum atomic E-state index is 14.1. The molecule has 15 heteroatoms. The van der Waals surface area contributed by atoms with Gasteiger partial charge in [0.2, 0.25) is 5.60 Å². The van der Waals surface area contributed by atoms with Crippen molar-refractivity contribution in [3.05, 3.63) is 108 Å². The zero-order valence-electron chi connectivity index (χ0n) is 32.0. The first kappa shape index (κ1) is 43.1. The second kappa shape index (κ2) is 19.4. The lowest BCUT2D eigenvalue weighted by molar-refractivity contribution is -0.373. The van der Waals surface area contributed by atoms with Gasteiger partial charge in [0.15, 0.2) is 18.7 Å². The molecule has 2 fully saturated rings. The second-order valence-electron chi connectivity index (χ2n) is 15.1. The Morgan fingerprint density at radius 3 is 1.82 bits per heavy atom. The number of hydrogen-bond acceptors (Lipinski definition) is 14. The van der Waals surface area contributed by atoms with E-state index >= 15 is 0 Å². The molecule has 0 spiro atoms. The summed E-state index contributed by atoms with van der Waals surface area (Å²) in [6.45, 7) is 6.95. The largest absolute Gasteiger partial charge is 0.459 e. The van der Waals surface area contributed by atoms with Gasteiger partial charge in [0.1, 0.15) is 43.2 Å². The molecular weight excluding hydrogens is 745 g/mol. The van der Waals surface area contributed by atoms with Crippen LogP contribution in [-0.4, -0.2) is 127 Å². The first-order chi connectivity index (χ1) is 26.8. The number of carbonyl (C=O) groups excluding carboxylic acids is 3. The molecule has 3 aromatic rings. The van der Waals surface area contributed by atoms with Crippen molar-refractivity contribution in [1.29, 1.82) is 0 Å². The lowest BCUT2D eigenvalue weighted by atomic mass is 9.83. The molecule has 10 atom stereocenters. The highest BCUT2D eigenvalue weighted by Gasteiger charge is 2.63. The van der Waals surface area contributed by atoms with Gasteiger partial charge in [-0.15, -0.1) is 0 Å². The average Bonchev–Trinajstić information content (AvgIpc) is 3.20. The van der Waals surface area contributed by atoms with Crippen LogP contribution in [0.5, 0.6) is 0 Å². The fourth-order valence-corrected chi connectivity index (χ4v) is 7.72. The van der Waals surface area contributed by atoms with Gasteiger partial charge in [-0.3, -0.25) is 0 Å². The lowest BCUT2D eigenvalue weighted by Crippen LogP contribution is -2.71. The first-order valence-corrected chi connectivity index (χ1v) is 22.5. The summed E-state index contributed by atoms with van der Waals surface area (Å²) in [5.41, 5.74) is -1.66. The molecule has 4 N–H and O–H groups in total. The molecule has 3 aromatic carbocycles. The van der Waals surface area contributed by atoms with Crippen molar-refractivity contribution >= 4 is 26.0 Å². The maximum Gasteiger partial charge on any atom is 0.339 e. The third-order valence-electron chi connectivity index (χ3n) is 9.69. The molecule has 304 valence electrons. The van der Waals surface area contributed by atoms with E-state index in [0.717, 1.165) is 0 Å². The fraction of sp³-hybridized carbons (Fsp3) is 0.488. The summed E-state index contributed by atoms with van der Waals surface area (Å²) in [7, 11) is -2.03. The Morgan fingerprint density at radius 2 is 1.29 bits per heavy atom. The standard InChI is InChI=1S/C41H52O14Si/c1-5-22-49-34-31(43)29(24-42)51-39(32(34)44)53-33-30(25-50-36(45)26-15-9-6-10-16-26)52-40(48)41(21-23-56(2,3)4,55-38(47)28-19-13-8-14-20-28)35(33)54-37(46)27-17-11-7-12-18-27/h6-20,29-35,39-40,42-44,48H,5,21-25H2,1-4H3/t29-,30-,31+,32-,33+,34+,35+,39-,40-,41-/m1/s1. The molecule has 2 aliphatic heterocycles. The predicted molar refractivity (Wildman–Crippen MR) is 203 cm³/mol. The van der Waals surface area contributed by atoms with Gasteiger partial charge in [-0.1, -0.05) is 87.2 Å². The Bertz CT molecular complexity index is 1710. The van der Waals surface area contributed by atoms with Crippen LogP contribution in [0.2, 0.25) is 25.7 Å². The van der Waals surface area contributed by atoms with E-state index in [1.807, 2.05) is 6.92 Å². The van der Waals surface area contributed by atoms with E-state index in [0.29, 0.717) is 12.5 Å². The molecule has 56 heavy (non-hydrogen) atoms. The molecule has 0 bridgehead atoms. The monoisotopic (exact) mass is 796 g/mol. The number of ether oxygens (including phenoxy) is 7. The number of esters is 3. The third kappa shape index (κ3) is 10.5. The topological polar surface area (TPSA) is 197 Å². The molecular formula is C41H52O14Si. The summed E-state index contributed by atoms with van der Waals surface area (Å²) >= 11 is 0. The Hall–Kier alpha value is -4.03. The molecule has 2 saturated heterocycles. The van der Waals surface area contributed by atoms with Crippen LogP contribution in [0.4, 0.5) is 0 Å². The number of rotatable bonds is 16. The molecule has 2 aliphatic rings. The molecule has 0 amide bonds. The highest BCUT2D eigenvalue weighted by molar-refractivity contribution is 6.76. The minimum atomic E-state index is -2.14. The van der Waals surface area contributed by atoms with E-state index in [1.54, 1.807) is 66.7 Å². The molecule has 2 heterocycles. The van der Waals surface area contributed by atoms with Crippen molar-refractivity contribution in [3.8, 4) is 0 Å². The molecule has 5 rings (SSSR count). The number of benzene rings is 3. The van der Waals surface area contributed by atoms with E-state index < -0.39 is 100 Å². The summed E-state index contributed by atoms with van der Waals surface area (Å²) in [6.07, 6.45) is -13.6. The van der Waals surface area contributed by atoms with Crippen LogP contribution in [0.3, 0.4) is 0 Å². The van der Waals surface area contributed by atoms with Crippen LogP contribution < -0.4 is 0 Å². The van der Waals surface area contributed by atoms with Gasteiger partial charge in [0.05, 0.1) is 23.3 Å². The van der Waals surface area contributed by atoms with Crippen molar-refractivity contribution in [1.82, 2.24) is 0 Å². The summed E-state index contributed by atoms with van der Waals surface area (Å²) in [4.78, 5) is 41.2. The van der Waals surface area contributed by atoms with Crippen LogP contribution in [-0.2, 0) is 33.2 Å². The molecule has 0 radical (unpaired) electrons. The van der Waals surface area contributed by atoms with Gasteiger partial charge >= 0.3 is 17.9 Å². The summed E-state index contributed by atoms with van der Waals surface area (Å²) < 4.78 is 42.6. The smallest absolute Gasteiger partial charge is 0.339 e. The van der Waals surface area contributed by atoms with Crippen LogP contribution >= 0.6 is 0 Å². The van der Waals surface area contributed by atoms with Crippen LogP contribution in [0.15, 0.2) is 91.0 Å². The van der Waals surface area contributed by atoms with Gasteiger partial charge in [-0.2, -0.15) is 0 Å². The molecule has 14 nitrogen and oxygen atoms in total. The van der Waals surface area contributed by atoms with Gasteiger partial charge in [-0.05, 0) is 49.2 Å². The van der Waals surface area contributed by atoms with E-state index in [4.69, 9.17) is 33.2 Å². The average molecular weight is 797 g/mol. The molecule has 0 aliphatic carbocycles. The maximum absolute atomic E-state index is 14.1. The Labute approximate surface area is 327 Å². The highest BCUT2D eigenvalue weighted by Crippen LogP contribution is 2.43. The lowest BCUT2D eigenvalue weighted by Gasteiger charge is -2.52. The molecule has 0 saturated carbocycles. The van der Waals surface area contributed by atoms with Crippen molar-refractivity contribution in [2.45, 2.75) is 106 Å². The summed E-state index contributed by atoms with van der Waals surface area (Å²) in [5, 5.41) is 44.8. The van der Waals surface area contributed by atoms with Gasteiger partial charge in [-0.25, -0.2) is 14.4 Å². The second-order valence-corrected chi connectivity index (χ2v) is 20.7. The zero-order valence-corrected chi connectivity index (χ0v) is 33.0. The van der Waals surface area contributed by atoms with Gasteiger partial charge in [0, 0.05) is 14.7 Å². The summed E-state index contributed by atoms with van der Waals surface area (Å²) in [6, 6.07) is 24.6. The Balaban J connectivity index is 1.64. The molecule has 0 unspecified atom stereocenters. The number of carbonyl (C=O) groups is 3. The van der Waals surface area contributed by atoms with Crippen LogP contribution in [0.25, 0.3) is 0 Å². The van der Waals surface area contributed by atoms with E-state index in [2.05, 4.69) is 19.6 Å². The first-order valence-electron chi connectivity index (χ1n) is 18.8. The normalized spacial score (nSPS) is 29.2. The quantitative estimate of drug-likeness (QED) is 0.0930. The number of aliphatic hydroxyl groups excluding tert-OH is 4. The Morgan fingerprint density at radius 1 is 0.732 bits per heavy atom. The third-order valence-corrected chi connectivity index (χ3v) is 11.4. The number of hydrogen-bond donors (Lipinski definition) is 4. The van der Waals surface area contributed by atoms with Crippen LogP contribution in [0, 0.1) is 0 Å². The van der Waals surface area contributed by atoms with Crippen molar-refractivity contribution in [2.24, 2.45) is 0 Å². The predicted octanol–water partition coefficient (Wildman–Crippen LogP) is 3.73. The highest BCUT2D eigenvalue weighted by atomic mass is 28.3. The van der Waals surface area contributed by atoms with Crippen LogP contribution in [0.1, 0.15) is 50.8 Å². The fourth-order valence-electron chi connectivity index (χ4n) is 6.58. The van der Waals surface area contributed by atoms with Gasteiger partial charge in [0.25, 0.3) is 0 Å². The van der Waals surface area contributed by atoms with E-state index in [-0.39, 0.29) is 29.7 Å². The minimum absolute atomic E-state index is 0.0696. The van der Waals surface area contributed by atoms with E-state index in [9.17, 15) is 34.8 Å². The van der Waals surface area contributed by atoms with Crippen molar-refractivity contribution in [2.75, 3.05) is 19.8 Å². The molecule has 0 aromatic heterocycles. The van der Waals surface area contributed by atoms with Crippen molar-refractivity contribution < 1.29 is 68.0 Å². The van der Waals surface area contributed by atoms with Crippen molar-refractivity contribution in [3.63, 3.8) is 0 Å². The van der Waals surface area contributed by atoms with E-state index in [1.165, 1.54) is 24.3 Å². The zero-order chi connectivity index (χ0) is 40.5. The number of aliphatic hydroxyl groups is 4. The Kier molecular flexibility index (Phi) is 14.9. The minimum Gasteiger partial charge on any atom is -0.459 e. The SMILES string of the molecule is CCCO[C@H]1[C@@H](O)[C@@H](CO)O[C@H](O[C@H]2[C@@H](COC(=O)c3ccccc3)O[C@@H](O)[C@](CC[Si](C)(C)C)(OC(=O)c3ccccc3)[C@H]2OC(=O)c2ccccc2)[C@@H]1O. The van der Waals surface area contributed by atoms with Gasteiger partial charge < -0.3 is 53.6 Å².